The van der Waals surface area contributed by atoms with E-state index in [1.807, 2.05) is 19.1 Å². The Bertz CT molecular complexity index is 731. The van der Waals surface area contributed by atoms with Crippen molar-refractivity contribution >= 4 is 17.3 Å². The van der Waals surface area contributed by atoms with Crippen LogP contribution in [0.25, 0.3) is 0 Å². The van der Waals surface area contributed by atoms with E-state index in [4.69, 9.17) is 11.2 Å². The summed E-state index contributed by atoms with van der Waals surface area (Å²) in [6.45, 7) is 6.76. The first-order chi connectivity index (χ1) is 12.7. The highest BCUT2D eigenvalue weighted by atomic mass is 32.1. The maximum absolute atomic E-state index is 5.38. The normalized spacial score (nSPS) is 11.0. The second-order valence-corrected chi connectivity index (χ2v) is 6.74. The number of aliphatic imine (C=N–C) groups is 1. The Morgan fingerprint density at radius 1 is 1.27 bits per heavy atom. The summed E-state index contributed by atoms with van der Waals surface area (Å²) in [4.78, 5) is 9.09. The summed E-state index contributed by atoms with van der Waals surface area (Å²) < 4.78 is 5.38. The summed E-state index contributed by atoms with van der Waals surface area (Å²) >= 11 is 1.68. The molecule has 6 heteroatoms. The first-order valence-corrected chi connectivity index (χ1v) is 9.67. The van der Waals surface area contributed by atoms with Crippen LogP contribution in [0.2, 0.25) is 0 Å². The van der Waals surface area contributed by atoms with Gasteiger partial charge in [-0.25, -0.2) is 4.98 Å². The van der Waals surface area contributed by atoms with E-state index in [-0.39, 0.29) is 0 Å². The standard InChI is InChI=1S/C20H26N4OS/c1-4-14-25-19-8-6-17(7-9-19)10-12-22-20(21-5-2)23-13-11-18-15-26-16(3)24-18/h1,6-9,15H,5,10-14H2,2-3H3,(H2,21,22,23). The van der Waals surface area contributed by atoms with Crippen molar-refractivity contribution in [2.75, 3.05) is 26.2 Å². The van der Waals surface area contributed by atoms with Crippen molar-refractivity contribution in [3.8, 4) is 18.1 Å². The number of aryl methyl sites for hydroxylation is 1. The van der Waals surface area contributed by atoms with Gasteiger partial charge in [0.1, 0.15) is 12.4 Å². The van der Waals surface area contributed by atoms with Crippen molar-refractivity contribution in [1.29, 1.82) is 0 Å². The van der Waals surface area contributed by atoms with Crippen LogP contribution in [-0.4, -0.2) is 37.2 Å². The fraction of sp³-hybridized carbons (Fsp3) is 0.400. The van der Waals surface area contributed by atoms with Gasteiger partial charge in [-0.15, -0.1) is 17.8 Å². The van der Waals surface area contributed by atoms with Gasteiger partial charge in [-0.3, -0.25) is 4.99 Å². The lowest BCUT2D eigenvalue weighted by Crippen LogP contribution is -2.38. The Kier molecular flexibility index (Phi) is 8.50. The quantitative estimate of drug-likeness (QED) is 0.405. The molecule has 0 amide bonds. The molecule has 0 aliphatic heterocycles. The highest BCUT2D eigenvalue weighted by Crippen LogP contribution is 2.12. The number of nitrogens with zero attached hydrogens (tertiary/aromatic N) is 2. The molecule has 0 aliphatic rings. The molecule has 0 saturated heterocycles. The molecule has 1 aromatic heterocycles. The molecule has 0 radical (unpaired) electrons. The molecular formula is C20H26N4OS. The number of ether oxygens (including phenoxy) is 1. The van der Waals surface area contributed by atoms with E-state index in [1.165, 1.54) is 5.56 Å². The van der Waals surface area contributed by atoms with Gasteiger partial charge < -0.3 is 15.4 Å². The molecule has 0 spiro atoms. The number of rotatable bonds is 9. The van der Waals surface area contributed by atoms with Crippen LogP contribution in [0.4, 0.5) is 0 Å². The van der Waals surface area contributed by atoms with E-state index in [0.717, 1.165) is 54.9 Å². The summed E-state index contributed by atoms with van der Waals surface area (Å²) in [5.74, 6) is 4.10. The van der Waals surface area contributed by atoms with Crippen LogP contribution in [0.3, 0.4) is 0 Å². The number of thiazole rings is 1. The lowest BCUT2D eigenvalue weighted by molar-refractivity contribution is 0.370. The van der Waals surface area contributed by atoms with Gasteiger partial charge in [-0.05, 0) is 38.0 Å². The zero-order valence-corrected chi connectivity index (χ0v) is 16.2. The summed E-state index contributed by atoms with van der Waals surface area (Å²) in [6.07, 6.45) is 6.96. The summed E-state index contributed by atoms with van der Waals surface area (Å²) in [5, 5.41) is 9.85. The van der Waals surface area contributed by atoms with Gasteiger partial charge in [0.05, 0.1) is 10.7 Å². The molecule has 2 aromatic rings. The third kappa shape index (κ3) is 7.16. The van der Waals surface area contributed by atoms with Gasteiger partial charge in [0.25, 0.3) is 0 Å². The monoisotopic (exact) mass is 370 g/mol. The van der Waals surface area contributed by atoms with E-state index in [1.54, 1.807) is 11.3 Å². The highest BCUT2D eigenvalue weighted by Gasteiger charge is 2.01. The van der Waals surface area contributed by atoms with Crippen molar-refractivity contribution in [2.24, 2.45) is 4.99 Å². The zero-order chi connectivity index (χ0) is 18.6. The Hall–Kier alpha value is -2.52. The average Bonchev–Trinajstić information content (AvgIpc) is 3.06. The first-order valence-electron chi connectivity index (χ1n) is 8.79. The van der Waals surface area contributed by atoms with Crippen molar-refractivity contribution < 1.29 is 4.74 Å². The number of benzene rings is 1. The molecule has 0 atom stereocenters. The van der Waals surface area contributed by atoms with E-state index >= 15 is 0 Å². The second kappa shape index (κ2) is 11.2. The molecule has 26 heavy (non-hydrogen) atoms. The van der Waals surface area contributed by atoms with Gasteiger partial charge in [0.15, 0.2) is 5.96 Å². The number of hydrogen-bond donors (Lipinski definition) is 2. The van der Waals surface area contributed by atoms with Gasteiger partial charge >= 0.3 is 0 Å². The SMILES string of the molecule is C#CCOc1ccc(CCNC(=NCCc2csc(C)n2)NCC)cc1. The van der Waals surface area contributed by atoms with Gasteiger partial charge in [-0.1, -0.05) is 18.1 Å². The Morgan fingerprint density at radius 3 is 2.73 bits per heavy atom. The number of aromatic nitrogens is 1. The fourth-order valence-electron chi connectivity index (χ4n) is 2.35. The maximum atomic E-state index is 5.38. The van der Waals surface area contributed by atoms with Crippen LogP contribution in [0.15, 0.2) is 34.6 Å². The molecule has 0 unspecified atom stereocenters. The molecular weight excluding hydrogens is 344 g/mol. The first kappa shape index (κ1) is 19.8. The molecule has 2 N–H and O–H groups in total. The minimum atomic E-state index is 0.296. The van der Waals surface area contributed by atoms with Crippen molar-refractivity contribution in [3.63, 3.8) is 0 Å². The molecule has 0 fully saturated rings. The topological polar surface area (TPSA) is 58.5 Å². The highest BCUT2D eigenvalue weighted by molar-refractivity contribution is 7.09. The Labute approximate surface area is 159 Å². The van der Waals surface area contributed by atoms with Gasteiger partial charge in [0.2, 0.25) is 0 Å². The predicted octanol–water partition coefficient (Wildman–Crippen LogP) is 2.80. The maximum Gasteiger partial charge on any atom is 0.191 e. The van der Waals surface area contributed by atoms with Crippen LogP contribution in [0, 0.1) is 19.3 Å². The molecule has 2 rings (SSSR count). The third-order valence-electron chi connectivity index (χ3n) is 3.60. The number of guanidine groups is 1. The van der Waals surface area contributed by atoms with E-state index in [0.29, 0.717) is 6.61 Å². The zero-order valence-electron chi connectivity index (χ0n) is 15.4. The van der Waals surface area contributed by atoms with E-state index in [2.05, 4.69) is 51.0 Å². The van der Waals surface area contributed by atoms with Crippen LogP contribution in [0.1, 0.15) is 23.2 Å². The lowest BCUT2D eigenvalue weighted by Gasteiger charge is -2.11. The predicted molar refractivity (Wildman–Crippen MR) is 109 cm³/mol. The fourth-order valence-corrected chi connectivity index (χ4v) is 3.00. The van der Waals surface area contributed by atoms with Crippen LogP contribution in [-0.2, 0) is 12.8 Å². The molecule has 0 aliphatic carbocycles. The second-order valence-electron chi connectivity index (χ2n) is 5.68. The Morgan fingerprint density at radius 2 is 2.08 bits per heavy atom. The molecule has 1 aromatic carbocycles. The van der Waals surface area contributed by atoms with Crippen LogP contribution in [0.5, 0.6) is 5.75 Å². The molecule has 0 saturated carbocycles. The molecule has 5 nitrogen and oxygen atoms in total. The third-order valence-corrected chi connectivity index (χ3v) is 4.42. The van der Waals surface area contributed by atoms with Crippen molar-refractivity contribution in [3.05, 3.63) is 45.9 Å². The van der Waals surface area contributed by atoms with Crippen LogP contribution < -0.4 is 15.4 Å². The number of nitrogens with one attached hydrogen (secondary N) is 2. The van der Waals surface area contributed by atoms with Crippen LogP contribution >= 0.6 is 11.3 Å². The van der Waals surface area contributed by atoms with Gasteiger partial charge in [0, 0.05) is 31.4 Å². The number of hydrogen-bond acceptors (Lipinski definition) is 4. The van der Waals surface area contributed by atoms with Crippen molar-refractivity contribution in [1.82, 2.24) is 15.6 Å². The summed E-state index contributed by atoms with van der Waals surface area (Å²) in [5.41, 5.74) is 2.35. The molecule has 138 valence electrons. The summed E-state index contributed by atoms with van der Waals surface area (Å²) in [6, 6.07) is 8.01. The van der Waals surface area contributed by atoms with Crippen molar-refractivity contribution in [2.45, 2.75) is 26.7 Å². The summed E-state index contributed by atoms with van der Waals surface area (Å²) in [7, 11) is 0. The lowest BCUT2D eigenvalue weighted by atomic mass is 10.1. The van der Waals surface area contributed by atoms with E-state index in [9.17, 15) is 0 Å². The minimum absolute atomic E-state index is 0.296. The average molecular weight is 371 g/mol. The number of terminal acetylenes is 1. The smallest absolute Gasteiger partial charge is 0.191 e. The largest absolute Gasteiger partial charge is 0.481 e. The van der Waals surface area contributed by atoms with E-state index < -0.39 is 0 Å². The Balaban J connectivity index is 1.76. The molecule has 0 bridgehead atoms. The minimum Gasteiger partial charge on any atom is -0.481 e. The molecule has 1 heterocycles. The van der Waals surface area contributed by atoms with Gasteiger partial charge in [-0.2, -0.15) is 0 Å².